The van der Waals surface area contributed by atoms with Gasteiger partial charge < -0.3 is 15.1 Å². The van der Waals surface area contributed by atoms with Crippen LogP contribution in [0, 0.1) is 0 Å². The minimum Gasteiger partial charge on any atom is -0.339 e. The smallest absolute Gasteiger partial charge is 0.236 e. The number of carbonyl (C=O) groups excluding carboxylic acids is 1. The van der Waals surface area contributed by atoms with Crippen molar-refractivity contribution < 1.29 is 4.79 Å². The minimum atomic E-state index is 0.271. The molecule has 2 aliphatic heterocycles. The molecule has 116 valence electrons. The summed E-state index contributed by atoms with van der Waals surface area (Å²) in [6.07, 6.45) is 0. The number of nitrogens with one attached hydrogen (secondary N) is 1. The van der Waals surface area contributed by atoms with Crippen LogP contribution >= 0.6 is 0 Å². The third-order valence-corrected chi connectivity index (χ3v) is 4.27. The molecule has 1 N–H and O–H groups in total. The van der Waals surface area contributed by atoms with Crippen LogP contribution in [0.5, 0.6) is 0 Å². The van der Waals surface area contributed by atoms with E-state index in [9.17, 15) is 4.79 Å². The Balaban J connectivity index is 1.62. The van der Waals surface area contributed by atoms with E-state index in [4.69, 9.17) is 0 Å². The third-order valence-electron chi connectivity index (χ3n) is 4.27. The Labute approximate surface area is 122 Å². The van der Waals surface area contributed by atoms with Crippen LogP contribution in [0.1, 0.15) is 0 Å². The minimum absolute atomic E-state index is 0.271. The normalized spacial score (nSPS) is 22.4. The van der Waals surface area contributed by atoms with Crippen molar-refractivity contribution in [1.29, 1.82) is 0 Å². The van der Waals surface area contributed by atoms with Crippen LogP contribution < -0.4 is 5.32 Å². The first kappa shape index (κ1) is 15.7. The number of amides is 1. The number of likely N-dealkylation sites (N-methyl/N-ethyl adjacent to an activating group) is 2. The topological polar surface area (TPSA) is 42.1 Å². The predicted molar refractivity (Wildman–Crippen MR) is 80.9 cm³/mol. The van der Waals surface area contributed by atoms with Gasteiger partial charge in [-0.05, 0) is 14.1 Å². The second kappa shape index (κ2) is 7.93. The van der Waals surface area contributed by atoms with E-state index in [1.807, 2.05) is 4.90 Å². The summed E-state index contributed by atoms with van der Waals surface area (Å²) in [7, 11) is 4.23. The standard InChI is InChI=1S/C14H29N5O/c1-16-7-10-18(11-8-16)12-9-17(2)13-14(20)19-5-3-15-4-6-19/h15H,3-13H2,1-2H3. The highest BCUT2D eigenvalue weighted by molar-refractivity contribution is 5.78. The number of rotatable bonds is 5. The lowest BCUT2D eigenvalue weighted by Gasteiger charge is -2.33. The second-order valence-corrected chi connectivity index (χ2v) is 6.01. The van der Waals surface area contributed by atoms with Gasteiger partial charge >= 0.3 is 0 Å². The molecule has 6 heteroatoms. The highest BCUT2D eigenvalue weighted by Crippen LogP contribution is 2.00. The molecular formula is C14H29N5O. The van der Waals surface area contributed by atoms with Crippen LogP contribution in [0.3, 0.4) is 0 Å². The van der Waals surface area contributed by atoms with Gasteiger partial charge in [0.1, 0.15) is 0 Å². The van der Waals surface area contributed by atoms with Crippen LogP contribution in [0.25, 0.3) is 0 Å². The molecule has 2 aliphatic rings. The zero-order valence-corrected chi connectivity index (χ0v) is 13.0. The molecule has 0 atom stereocenters. The van der Waals surface area contributed by atoms with E-state index in [2.05, 4.69) is 34.1 Å². The fraction of sp³-hybridized carbons (Fsp3) is 0.929. The molecule has 1 amide bonds. The van der Waals surface area contributed by atoms with Gasteiger partial charge in [0.25, 0.3) is 0 Å². The van der Waals surface area contributed by atoms with Crippen LogP contribution in [0.2, 0.25) is 0 Å². The Morgan fingerprint density at radius 3 is 2.40 bits per heavy atom. The molecule has 0 saturated carbocycles. The molecule has 2 rings (SSSR count). The monoisotopic (exact) mass is 283 g/mol. The average molecular weight is 283 g/mol. The zero-order chi connectivity index (χ0) is 14.4. The fourth-order valence-electron chi connectivity index (χ4n) is 2.71. The van der Waals surface area contributed by atoms with E-state index in [0.29, 0.717) is 6.54 Å². The van der Waals surface area contributed by atoms with Crippen LogP contribution in [0.4, 0.5) is 0 Å². The summed E-state index contributed by atoms with van der Waals surface area (Å²) in [4.78, 5) is 21.1. The van der Waals surface area contributed by atoms with Crippen molar-refractivity contribution in [2.75, 3.05) is 86.1 Å². The van der Waals surface area contributed by atoms with E-state index in [1.54, 1.807) is 0 Å². The van der Waals surface area contributed by atoms with Crippen molar-refractivity contribution in [3.8, 4) is 0 Å². The Kier molecular flexibility index (Phi) is 6.22. The summed E-state index contributed by atoms with van der Waals surface area (Å²) in [6.45, 7) is 10.8. The van der Waals surface area contributed by atoms with E-state index < -0.39 is 0 Å². The lowest BCUT2D eigenvalue weighted by molar-refractivity contribution is -0.132. The largest absolute Gasteiger partial charge is 0.339 e. The number of nitrogens with zero attached hydrogens (tertiary/aromatic N) is 4. The lowest BCUT2D eigenvalue weighted by Crippen LogP contribution is -2.50. The summed E-state index contributed by atoms with van der Waals surface area (Å²) >= 11 is 0. The quantitative estimate of drug-likeness (QED) is 0.672. The molecular weight excluding hydrogens is 254 g/mol. The number of carbonyl (C=O) groups is 1. The number of hydrogen-bond donors (Lipinski definition) is 1. The highest BCUT2D eigenvalue weighted by atomic mass is 16.2. The van der Waals surface area contributed by atoms with E-state index in [1.165, 1.54) is 0 Å². The van der Waals surface area contributed by atoms with Gasteiger partial charge in [-0.3, -0.25) is 14.6 Å². The summed E-state index contributed by atoms with van der Waals surface area (Å²) in [5.74, 6) is 0.271. The summed E-state index contributed by atoms with van der Waals surface area (Å²) < 4.78 is 0. The molecule has 2 saturated heterocycles. The van der Waals surface area contributed by atoms with Gasteiger partial charge in [0.15, 0.2) is 0 Å². The van der Waals surface area contributed by atoms with Crippen molar-refractivity contribution in [3.05, 3.63) is 0 Å². The molecule has 0 aliphatic carbocycles. The van der Waals surface area contributed by atoms with Gasteiger partial charge in [0.2, 0.25) is 5.91 Å². The van der Waals surface area contributed by atoms with Crippen LogP contribution in [-0.4, -0.2) is 112 Å². The predicted octanol–water partition coefficient (Wildman–Crippen LogP) is -1.40. The SMILES string of the molecule is CN1CCN(CCN(C)CC(=O)N2CCNCC2)CC1. The van der Waals surface area contributed by atoms with Gasteiger partial charge in [-0.1, -0.05) is 0 Å². The Morgan fingerprint density at radius 2 is 1.75 bits per heavy atom. The van der Waals surface area contributed by atoms with Crippen molar-refractivity contribution >= 4 is 5.91 Å². The first-order chi connectivity index (χ1) is 9.65. The van der Waals surface area contributed by atoms with Gasteiger partial charge in [-0.25, -0.2) is 0 Å². The van der Waals surface area contributed by atoms with Gasteiger partial charge in [-0.2, -0.15) is 0 Å². The van der Waals surface area contributed by atoms with E-state index in [0.717, 1.165) is 65.4 Å². The second-order valence-electron chi connectivity index (χ2n) is 6.01. The molecule has 0 aromatic rings. The average Bonchev–Trinajstić information content (AvgIpc) is 2.47. The van der Waals surface area contributed by atoms with Gasteiger partial charge in [0.05, 0.1) is 6.54 Å². The van der Waals surface area contributed by atoms with Gasteiger partial charge in [-0.15, -0.1) is 0 Å². The van der Waals surface area contributed by atoms with Gasteiger partial charge in [0, 0.05) is 65.4 Å². The Morgan fingerprint density at radius 1 is 1.10 bits per heavy atom. The Bertz CT molecular complexity index is 298. The summed E-state index contributed by atoms with van der Waals surface area (Å²) in [5, 5.41) is 3.28. The fourth-order valence-corrected chi connectivity index (χ4v) is 2.71. The van der Waals surface area contributed by atoms with Crippen molar-refractivity contribution in [2.45, 2.75) is 0 Å². The summed E-state index contributed by atoms with van der Waals surface area (Å²) in [6, 6.07) is 0. The van der Waals surface area contributed by atoms with E-state index >= 15 is 0 Å². The van der Waals surface area contributed by atoms with Crippen LogP contribution in [0.15, 0.2) is 0 Å². The maximum atomic E-state index is 12.1. The first-order valence-electron chi connectivity index (χ1n) is 7.73. The molecule has 0 bridgehead atoms. The maximum absolute atomic E-state index is 12.1. The molecule has 20 heavy (non-hydrogen) atoms. The summed E-state index contributed by atoms with van der Waals surface area (Å²) in [5.41, 5.74) is 0. The molecule has 0 radical (unpaired) electrons. The molecule has 0 unspecified atom stereocenters. The molecule has 6 nitrogen and oxygen atoms in total. The number of piperazine rings is 2. The van der Waals surface area contributed by atoms with Crippen molar-refractivity contribution in [1.82, 2.24) is 24.9 Å². The maximum Gasteiger partial charge on any atom is 0.236 e. The highest BCUT2D eigenvalue weighted by Gasteiger charge is 2.18. The molecule has 2 heterocycles. The third kappa shape index (κ3) is 5.01. The lowest BCUT2D eigenvalue weighted by atomic mass is 10.3. The molecule has 0 spiro atoms. The molecule has 0 aromatic carbocycles. The molecule has 0 aromatic heterocycles. The number of hydrogen-bond acceptors (Lipinski definition) is 5. The van der Waals surface area contributed by atoms with Crippen molar-refractivity contribution in [3.63, 3.8) is 0 Å². The first-order valence-corrected chi connectivity index (χ1v) is 7.73. The van der Waals surface area contributed by atoms with E-state index in [-0.39, 0.29) is 5.91 Å². The Hall–Kier alpha value is -0.690. The van der Waals surface area contributed by atoms with Crippen LogP contribution in [-0.2, 0) is 4.79 Å². The zero-order valence-electron chi connectivity index (χ0n) is 13.0. The molecule has 2 fully saturated rings. The van der Waals surface area contributed by atoms with Crippen molar-refractivity contribution in [2.24, 2.45) is 0 Å².